The smallest absolute Gasteiger partial charge is 0.246 e. The maximum Gasteiger partial charge on any atom is 0.246 e. The van der Waals surface area contributed by atoms with Gasteiger partial charge in [0, 0.05) is 41.0 Å². The van der Waals surface area contributed by atoms with Gasteiger partial charge in [0.1, 0.15) is 30.2 Å². The summed E-state index contributed by atoms with van der Waals surface area (Å²) in [4.78, 5) is 99.0. The van der Waals surface area contributed by atoms with Crippen molar-refractivity contribution in [2.24, 2.45) is 17.6 Å². The van der Waals surface area contributed by atoms with E-state index < -0.39 is 72.2 Å². The number of nitrogens with one attached hydrogen (secondary N) is 2. The van der Waals surface area contributed by atoms with Crippen LogP contribution in [0, 0.1) is 11.8 Å². The van der Waals surface area contributed by atoms with E-state index in [9.17, 15) is 33.6 Å². The molecule has 0 aliphatic rings. The third-order valence-electron chi connectivity index (χ3n) is 9.73. The van der Waals surface area contributed by atoms with Crippen LogP contribution >= 0.6 is 22.6 Å². The van der Waals surface area contributed by atoms with Crippen LogP contribution in [-0.4, -0.2) is 130 Å². The Hall–Kier alpha value is -4.54. The van der Waals surface area contributed by atoms with Crippen molar-refractivity contribution >= 4 is 63.9 Å². The van der Waals surface area contributed by atoms with E-state index in [0.29, 0.717) is 6.42 Å². The zero-order valence-corrected chi connectivity index (χ0v) is 35.6. The second-order valence-corrected chi connectivity index (χ2v) is 15.4. The Morgan fingerprint density at radius 3 is 1.58 bits per heavy atom. The highest BCUT2D eigenvalue weighted by Crippen LogP contribution is 2.19. The van der Waals surface area contributed by atoms with Crippen LogP contribution in [0.5, 0.6) is 0 Å². The van der Waals surface area contributed by atoms with Crippen LogP contribution in [0.4, 0.5) is 0 Å². The Balaban J connectivity index is 2.41. The average Bonchev–Trinajstić information content (AvgIpc) is 3.17. The molecule has 0 bridgehead atoms. The topological polar surface area (TPSA) is 183 Å². The SMILES string of the molecule is CC(C)C[C@@H](C(=O)N(C)[C@@H](Cc1ccccc1)C(=O)NCC(=O)N(C)[C@@H](Cc1ccccc1)C(=O)N(C)[C@@H](C)C(N)=O)N(C)C(=O)[C@@H](NC(=O)CI)C(C)C. The molecule has 0 radical (unpaired) electrons. The standard InChI is InChI=1S/C40H58IN7O7/c1-25(2)20-31(48(9)40(55)35(26(3)4)44-33(49)23-41)39(54)47(8)30(21-28-16-12-10-13-17-28)37(52)43-24-34(50)46(7)32(22-29-18-14-11-15-19-29)38(53)45(6)27(5)36(42)51/h10-19,25-27,30-32,35H,20-24H2,1-9H3,(H2,42,51)(H,43,52)(H,44,49)/t27-,30-,31-,32-,35-/m0/s1. The van der Waals surface area contributed by atoms with Gasteiger partial charge in [0.2, 0.25) is 41.4 Å². The van der Waals surface area contributed by atoms with Crippen molar-refractivity contribution in [2.75, 3.05) is 39.2 Å². The quantitative estimate of drug-likeness (QED) is 0.134. The fraction of sp³-hybridized carbons (Fsp3) is 0.525. The molecule has 0 saturated heterocycles. The van der Waals surface area contributed by atoms with Crippen LogP contribution in [0.15, 0.2) is 60.7 Å². The highest BCUT2D eigenvalue weighted by atomic mass is 127. The van der Waals surface area contributed by atoms with Crippen molar-refractivity contribution in [3.05, 3.63) is 71.8 Å². The zero-order valence-electron chi connectivity index (χ0n) is 33.5. The molecular weight excluding hydrogens is 817 g/mol. The molecule has 5 atom stereocenters. The predicted octanol–water partition coefficient (Wildman–Crippen LogP) is 2.02. The molecule has 0 heterocycles. The van der Waals surface area contributed by atoms with Crippen molar-refractivity contribution in [1.29, 1.82) is 0 Å². The second kappa shape index (κ2) is 22.1. The van der Waals surface area contributed by atoms with Gasteiger partial charge in [0.25, 0.3) is 0 Å². The molecule has 55 heavy (non-hydrogen) atoms. The summed E-state index contributed by atoms with van der Waals surface area (Å²) >= 11 is 1.92. The Bertz CT molecular complexity index is 1630. The third kappa shape index (κ3) is 13.6. The van der Waals surface area contributed by atoms with Crippen molar-refractivity contribution in [3.63, 3.8) is 0 Å². The lowest BCUT2D eigenvalue weighted by Gasteiger charge is -2.37. The second-order valence-electron chi connectivity index (χ2n) is 14.6. The summed E-state index contributed by atoms with van der Waals surface area (Å²) in [7, 11) is 5.92. The van der Waals surface area contributed by atoms with Gasteiger partial charge in [-0.05, 0) is 36.3 Å². The molecule has 2 aromatic rings. The number of hydrogen-bond donors (Lipinski definition) is 3. The Labute approximate surface area is 339 Å². The summed E-state index contributed by atoms with van der Waals surface area (Å²) in [5.74, 6) is -3.86. The summed E-state index contributed by atoms with van der Waals surface area (Å²) in [6.45, 7) is 8.49. The number of alkyl halides is 1. The van der Waals surface area contributed by atoms with Gasteiger partial charge in [-0.3, -0.25) is 33.6 Å². The van der Waals surface area contributed by atoms with Gasteiger partial charge in [0.05, 0.1) is 11.0 Å². The largest absolute Gasteiger partial charge is 0.368 e. The van der Waals surface area contributed by atoms with E-state index in [1.54, 1.807) is 0 Å². The fourth-order valence-electron chi connectivity index (χ4n) is 6.02. The molecule has 302 valence electrons. The Morgan fingerprint density at radius 2 is 1.13 bits per heavy atom. The Morgan fingerprint density at radius 1 is 0.655 bits per heavy atom. The molecule has 7 amide bonds. The number of hydrogen-bond acceptors (Lipinski definition) is 7. The first-order valence-electron chi connectivity index (χ1n) is 18.4. The highest BCUT2D eigenvalue weighted by molar-refractivity contribution is 14.1. The minimum absolute atomic E-state index is 0.00913. The Kier molecular flexibility index (Phi) is 18.7. The molecule has 4 N–H and O–H groups in total. The normalized spacial score (nSPS) is 13.8. The monoisotopic (exact) mass is 875 g/mol. The number of nitrogens with two attached hydrogens (primary N) is 1. The molecule has 14 nitrogen and oxygen atoms in total. The van der Waals surface area contributed by atoms with E-state index in [4.69, 9.17) is 5.73 Å². The first kappa shape index (κ1) is 46.6. The van der Waals surface area contributed by atoms with Crippen LogP contribution in [0.25, 0.3) is 0 Å². The van der Waals surface area contributed by atoms with E-state index in [2.05, 4.69) is 10.6 Å². The molecule has 0 aromatic heterocycles. The summed E-state index contributed by atoms with van der Waals surface area (Å²) in [5.41, 5.74) is 7.01. The van der Waals surface area contributed by atoms with Crippen molar-refractivity contribution in [1.82, 2.24) is 30.2 Å². The molecule has 0 unspecified atom stereocenters. The lowest BCUT2D eigenvalue weighted by Crippen LogP contribution is -2.59. The summed E-state index contributed by atoms with van der Waals surface area (Å²) < 4.78 is 0.166. The minimum Gasteiger partial charge on any atom is -0.368 e. The van der Waals surface area contributed by atoms with Crippen molar-refractivity contribution < 1.29 is 33.6 Å². The molecule has 2 aromatic carbocycles. The summed E-state index contributed by atoms with van der Waals surface area (Å²) in [6.07, 6.45) is 0.539. The highest BCUT2D eigenvalue weighted by Gasteiger charge is 2.39. The number of primary amides is 1. The minimum atomic E-state index is -1.09. The van der Waals surface area contributed by atoms with Gasteiger partial charge in [-0.25, -0.2) is 0 Å². The molecule has 0 fully saturated rings. The number of halogens is 1. The number of carbonyl (C=O) groups excluding carboxylic acids is 7. The zero-order chi connectivity index (χ0) is 41.6. The third-order valence-corrected chi connectivity index (χ3v) is 10.4. The first-order chi connectivity index (χ1) is 25.8. The van der Waals surface area contributed by atoms with E-state index in [1.165, 1.54) is 54.7 Å². The lowest BCUT2D eigenvalue weighted by atomic mass is 9.97. The van der Waals surface area contributed by atoms with Gasteiger partial charge in [-0.15, -0.1) is 0 Å². The van der Waals surface area contributed by atoms with E-state index in [-0.39, 0.29) is 35.0 Å². The molecule has 2 rings (SSSR count). The number of benzene rings is 2. The number of nitrogens with zero attached hydrogens (tertiary/aromatic N) is 4. The number of likely N-dealkylation sites (N-methyl/N-ethyl adjacent to an activating group) is 4. The van der Waals surface area contributed by atoms with Crippen LogP contribution in [0.3, 0.4) is 0 Å². The van der Waals surface area contributed by atoms with Gasteiger partial charge in [-0.1, -0.05) is 111 Å². The first-order valence-corrected chi connectivity index (χ1v) is 19.9. The molecule has 0 spiro atoms. The van der Waals surface area contributed by atoms with E-state index in [0.717, 1.165) is 11.1 Å². The van der Waals surface area contributed by atoms with Crippen LogP contribution < -0.4 is 16.4 Å². The number of rotatable bonds is 20. The number of amides is 7. The summed E-state index contributed by atoms with van der Waals surface area (Å²) in [5, 5.41) is 5.46. The van der Waals surface area contributed by atoms with E-state index >= 15 is 0 Å². The van der Waals surface area contributed by atoms with Gasteiger partial charge in [0.15, 0.2) is 0 Å². The van der Waals surface area contributed by atoms with Gasteiger partial charge in [-0.2, -0.15) is 0 Å². The van der Waals surface area contributed by atoms with Gasteiger partial charge < -0.3 is 36.0 Å². The molecule has 0 aliphatic carbocycles. The maximum absolute atomic E-state index is 14.4. The van der Waals surface area contributed by atoms with Crippen LogP contribution in [0.1, 0.15) is 52.2 Å². The number of carbonyl (C=O) groups is 7. The molecule has 15 heteroatoms. The van der Waals surface area contributed by atoms with Crippen LogP contribution in [0.2, 0.25) is 0 Å². The lowest BCUT2D eigenvalue weighted by molar-refractivity contribution is -0.150. The van der Waals surface area contributed by atoms with E-state index in [1.807, 2.05) is 111 Å². The molecular formula is C40H58IN7O7. The average molecular weight is 876 g/mol. The molecule has 0 saturated carbocycles. The maximum atomic E-state index is 14.4. The predicted molar refractivity (Wildman–Crippen MR) is 220 cm³/mol. The van der Waals surface area contributed by atoms with Gasteiger partial charge >= 0.3 is 0 Å². The van der Waals surface area contributed by atoms with Crippen molar-refractivity contribution in [2.45, 2.75) is 84.1 Å². The van der Waals surface area contributed by atoms with Crippen LogP contribution in [-0.2, 0) is 46.4 Å². The fourth-order valence-corrected chi connectivity index (χ4v) is 6.24. The summed E-state index contributed by atoms with van der Waals surface area (Å²) in [6, 6.07) is 13.3. The van der Waals surface area contributed by atoms with Crippen molar-refractivity contribution in [3.8, 4) is 0 Å². The molecule has 0 aliphatic heterocycles.